The van der Waals surface area contributed by atoms with Crippen LogP contribution in [0.15, 0.2) is 24.3 Å². The first kappa shape index (κ1) is 22.0. The van der Waals surface area contributed by atoms with E-state index in [9.17, 15) is 14.4 Å². The monoisotopic (exact) mass is 428 g/mol. The van der Waals surface area contributed by atoms with Crippen LogP contribution in [-0.2, 0) is 14.9 Å². The van der Waals surface area contributed by atoms with Gasteiger partial charge in [-0.2, -0.15) is 0 Å². The van der Waals surface area contributed by atoms with Crippen LogP contribution in [0.2, 0.25) is 0 Å². The van der Waals surface area contributed by atoms with Crippen LogP contribution in [0, 0.1) is 12.8 Å². The molecule has 1 aliphatic rings. The second-order valence-electron chi connectivity index (χ2n) is 8.65. The SMILES string of the molecule is CCOC(=O)c1c(NC(=O)[C@@H]2C[C@@H]2c2ccc(C(C)(C)C)cc2)sc(C(N)=O)c1C. The van der Waals surface area contributed by atoms with Gasteiger partial charge in [0.1, 0.15) is 5.00 Å². The maximum atomic E-state index is 12.8. The number of thiophene rings is 1. The Balaban J connectivity index is 1.76. The Kier molecular flexibility index (Phi) is 6.04. The molecular formula is C23H28N2O4S. The van der Waals surface area contributed by atoms with Gasteiger partial charge in [-0.15, -0.1) is 11.3 Å². The van der Waals surface area contributed by atoms with Gasteiger partial charge in [-0.3, -0.25) is 9.59 Å². The summed E-state index contributed by atoms with van der Waals surface area (Å²) >= 11 is 1.02. The number of carbonyl (C=O) groups excluding carboxylic acids is 3. The Labute approximate surface area is 180 Å². The molecule has 0 aliphatic heterocycles. The molecule has 1 aromatic carbocycles. The Bertz CT molecular complexity index is 986. The van der Waals surface area contributed by atoms with Crippen LogP contribution in [0.25, 0.3) is 0 Å². The summed E-state index contributed by atoms with van der Waals surface area (Å²) in [6.07, 6.45) is 0.752. The fraction of sp³-hybridized carbons (Fsp3) is 0.435. The summed E-state index contributed by atoms with van der Waals surface area (Å²) in [6.45, 7) is 10.0. The Morgan fingerprint density at radius 3 is 2.37 bits per heavy atom. The molecule has 1 aromatic heterocycles. The zero-order chi connectivity index (χ0) is 22.2. The number of rotatable bonds is 6. The van der Waals surface area contributed by atoms with Crippen molar-refractivity contribution >= 4 is 34.1 Å². The van der Waals surface area contributed by atoms with Gasteiger partial charge in [-0.05, 0) is 48.3 Å². The van der Waals surface area contributed by atoms with Crippen LogP contribution in [0.5, 0.6) is 0 Å². The van der Waals surface area contributed by atoms with E-state index in [4.69, 9.17) is 10.5 Å². The van der Waals surface area contributed by atoms with Gasteiger partial charge < -0.3 is 15.8 Å². The van der Waals surface area contributed by atoms with Crippen molar-refractivity contribution < 1.29 is 19.1 Å². The molecule has 2 aromatic rings. The van der Waals surface area contributed by atoms with Crippen molar-refractivity contribution in [2.75, 3.05) is 11.9 Å². The third kappa shape index (κ3) is 4.41. The summed E-state index contributed by atoms with van der Waals surface area (Å²) in [6, 6.07) is 8.40. The van der Waals surface area contributed by atoms with Crippen LogP contribution in [0.3, 0.4) is 0 Å². The molecule has 1 saturated carbocycles. The molecule has 3 N–H and O–H groups in total. The fourth-order valence-electron chi connectivity index (χ4n) is 3.57. The second-order valence-corrected chi connectivity index (χ2v) is 9.68. The van der Waals surface area contributed by atoms with Crippen LogP contribution in [0.4, 0.5) is 5.00 Å². The highest BCUT2D eigenvalue weighted by Gasteiger charge is 2.44. The second kappa shape index (κ2) is 8.22. The molecule has 0 unspecified atom stereocenters. The quantitative estimate of drug-likeness (QED) is 0.667. The highest BCUT2D eigenvalue weighted by atomic mass is 32.1. The minimum absolute atomic E-state index is 0.0809. The van der Waals surface area contributed by atoms with Gasteiger partial charge >= 0.3 is 5.97 Å². The molecule has 1 heterocycles. The average molecular weight is 429 g/mol. The Morgan fingerprint density at radius 2 is 1.83 bits per heavy atom. The Morgan fingerprint density at radius 1 is 1.20 bits per heavy atom. The van der Waals surface area contributed by atoms with Gasteiger partial charge in [0.2, 0.25) is 5.91 Å². The fourth-order valence-corrected chi connectivity index (χ4v) is 4.62. The number of primary amides is 1. The number of nitrogens with one attached hydrogen (secondary N) is 1. The molecule has 2 atom stereocenters. The largest absolute Gasteiger partial charge is 0.462 e. The molecule has 3 rings (SSSR count). The number of hydrogen-bond donors (Lipinski definition) is 2. The van der Waals surface area contributed by atoms with Crippen molar-refractivity contribution in [3.63, 3.8) is 0 Å². The van der Waals surface area contributed by atoms with Crippen molar-refractivity contribution in [3.8, 4) is 0 Å². The van der Waals surface area contributed by atoms with E-state index in [-0.39, 0.29) is 40.2 Å². The summed E-state index contributed by atoms with van der Waals surface area (Å²) in [4.78, 5) is 37.2. The topological polar surface area (TPSA) is 98.5 Å². The molecule has 0 bridgehead atoms. The third-order valence-corrected chi connectivity index (χ3v) is 6.64. The normalized spacial score (nSPS) is 18.0. The lowest BCUT2D eigenvalue weighted by Gasteiger charge is -2.19. The lowest BCUT2D eigenvalue weighted by molar-refractivity contribution is -0.117. The van der Waals surface area contributed by atoms with Crippen molar-refractivity contribution in [1.29, 1.82) is 0 Å². The first-order valence-corrected chi connectivity index (χ1v) is 10.9. The smallest absolute Gasteiger partial charge is 0.341 e. The molecule has 0 saturated heterocycles. The summed E-state index contributed by atoms with van der Waals surface area (Å²) in [5.74, 6) is -1.38. The molecule has 1 aliphatic carbocycles. The molecular weight excluding hydrogens is 400 g/mol. The number of anilines is 1. The predicted octanol–water partition coefficient (Wildman–Crippen LogP) is 4.37. The number of benzene rings is 1. The molecule has 0 spiro atoms. The highest BCUT2D eigenvalue weighted by molar-refractivity contribution is 7.18. The van der Waals surface area contributed by atoms with E-state index < -0.39 is 11.9 Å². The maximum absolute atomic E-state index is 12.8. The van der Waals surface area contributed by atoms with E-state index in [1.807, 2.05) is 0 Å². The van der Waals surface area contributed by atoms with Gasteiger partial charge in [-0.1, -0.05) is 45.0 Å². The minimum atomic E-state index is -0.633. The van der Waals surface area contributed by atoms with Crippen LogP contribution < -0.4 is 11.1 Å². The van der Waals surface area contributed by atoms with E-state index in [1.54, 1.807) is 13.8 Å². The van der Waals surface area contributed by atoms with Crippen molar-refractivity contribution in [2.45, 2.75) is 52.4 Å². The summed E-state index contributed by atoms with van der Waals surface area (Å²) in [5.41, 5.74) is 8.53. The average Bonchev–Trinajstić information content (AvgIpc) is 3.39. The third-order valence-electron chi connectivity index (χ3n) is 5.42. The zero-order valence-corrected chi connectivity index (χ0v) is 18.8. The van der Waals surface area contributed by atoms with E-state index >= 15 is 0 Å². The van der Waals surface area contributed by atoms with E-state index in [2.05, 4.69) is 50.4 Å². The van der Waals surface area contributed by atoms with Crippen molar-refractivity contribution in [1.82, 2.24) is 0 Å². The minimum Gasteiger partial charge on any atom is -0.462 e. The standard InChI is InChI=1S/C23H28N2O4S/c1-6-29-22(28)17-12(2)18(19(24)26)30-21(17)25-20(27)16-11-15(16)13-7-9-14(10-8-13)23(3,4)5/h7-10,15-16H,6,11H2,1-5H3,(H2,24,26)(H,25,27)/t15-,16-/m1/s1. The van der Waals surface area contributed by atoms with Gasteiger partial charge in [-0.25, -0.2) is 4.79 Å². The lowest BCUT2D eigenvalue weighted by Crippen LogP contribution is -2.17. The summed E-state index contributed by atoms with van der Waals surface area (Å²) < 4.78 is 5.09. The van der Waals surface area contributed by atoms with Gasteiger partial charge in [0.25, 0.3) is 5.91 Å². The number of hydrogen-bond acceptors (Lipinski definition) is 5. The molecule has 30 heavy (non-hydrogen) atoms. The van der Waals surface area contributed by atoms with Crippen molar-refractivity contribution in [3.05, 3.63) is 51.4 Å². The van der Waals surface area contributed by atoms with Crippen LogP contribution in [0.1, 0.15) is 76.8 Å². The molecule has 7 heteroatoms. The van der Waals surface area contributed by atoms with Crippen LogP contribution >= 0.6 is 11.3 Å². The van der Waals surface area contributed by atoms with Crippen molar-refractivity contribution in [2.24, 2.45) is 11.7 Å². The van der Waals surface area contributed by atoms with Gasteiger partial charge in [0, 0.05) is 5.92 Å². The molecule has 0 radical (unpaired) electrons. The summed E-state index contributed by atoms with van der Waals surface area (Å²) in [7, 11) is 0. The van der Waals surface area contributed by atoms with E-state index in [0.29, 0.717) is 10.6 Å². The number of ether oxygens (including phenoxy) is 1. The summed E-state index contributed by atoms with van der Waals surface area (Å²) in [5, 5.41) is 3.15. The van der Waals surface area contributed by atoms with E-state index in [0.717, 1.165) is 23.3 Å². The lowest BCUT2D eigenvalue weighted by atomic mass is 9.86. The zero-order valence-electron chi connectivity index (χ0n) is 18.0. The molecule has 6 nitrogen and oxygen atoms in total. The highest BCUT2D eigenvalue weighted by Crippen LogP contribution is 2.48. The predicted molar refractivity (Wildman–Crippen MR) is 118 cm³/mol. The molecule has 1 fully saturated rings. The number of nitrogens with two attached hydrogens (primary N) is 1. The van der Waals surface area contributed by atoms with Gasteiger partial charge in [0.05, 0.1) is 17.0 Å². The molecule has 160 valence electrons. The maximum Gasteiger partial charge on any atom is 0.341 e. The number of amides is 2. The van der Waals surface area contributed by atoms with Crippen LogP contribution in [-0.4, -0.2) is 24.4 Å². The Hall–Kier alpha value is -2.67. The first-order valence-electron chi connectivity index (χ1n) is 10.1. The van der Waals surface area contributed by atoms with Gasteiger partial charge in [0.15, 0.2) is 0 Å². The van der Waals surface area contributed by atoms with E-state index in [1.165, 1.54) is 5.56 Å². The first-order chi connectivity index (χ1) is 14.0. The number of carbonyl (C=O) groups is 3. The molecule has 2 amide bonds. The number of esters is 1.